The molecule has 2 aromatic carbocycles. The van der Waals surface area contributed by atoms with Gasteiger partial charge in [0, 0.05) is 56.1 Å². The van der Waals surface area contributed by atoms with Crippen LogP contribution in [0.2, 0.25) is 5.15 Å². The van der Waals surface area contributed by atoms with Crippen LogP contribution in [0.25, 0.3) is 11.1 Å². The van der Waals surface area contributed by atoms with E-state index in [1.54, 1.807) is 36.4 Å². The second kappa shape index (κ2) is 12.6. The molecule has 9 nitrogen and oxygen atoms in total. The first-order chi connectivity index (χ1) is 19.7. The van der Waals surface area contributed by atoms with Crippen LogP contribution >= 0.6 is 11.6 Å². The zero-order valence-corrected chi connectivity index (χ0v) is 24.4. The highest BCUT2D eigenvalue weighted by Crippen LogP contribution is 2.38. The van der Waals surface area contributed by atoms with Crippen molar-refractivity contribution in [3.05, 3.63) is 59.3 Å². The molecule has 2 saturated heterocycles. The summed E-state index contributed by atoms with van der Waals surface area (Å²) in [6.45, 7) is 7.86. The standard InChI is InChI=1S/C30H37ClFN7O2/c1-18-15-39(16-19(2)38(18)3)26-13-24(32)23(12-25(26)37-29-27(33)28(31)35-17-36-29)21-4-6-22(7-5-21)30(40)34-14-20-8-10-41-11-9-20/h4-7,12-13,17-20H,8-11,14-16,33H2,1-3H3,(H,34,40)(H,35,36,37)/t18-,19+. The summed E-state index contributed by atoms with van der Waals surface area (Å²) in [7, 11) is 2.11. The average Bonchev–Trinajstić information content (AvgIpc) is 2.98. The molecule has 0 unspecified atom stereocenters. The molecule has 41 heavy (non-hydrogen) atoms. The molecule has 4 N–H and O–H groups in total. The van der Waals surface area contributed by atoms with E-state index in [2.05, 4.69) is 51.3 Å². The average molecular weight is 582 g/mol. The van der Waals surface area contributed by atoms with Crippen LogP contribution < -0.4 is 21.3 Å². The number of carbonyl (C=O) groups excluding carboxylic acids is 1. The molecule has 2 aliphatic heterocycles. The molecular weight excluding hydrogens is 545 g/mol. The van der Waals surface area contributed by atoms with Gasteiger partial charge in [0.15, 0.2) is 11.0 Å². The van der Waals surface area contributed by atoms with Gasteiger partial charge in [-0.3, -0.25) is 9.69 Å². The summed E-state index contributed by atoms with van der Waals surface area (Å²) in [5.74, 6) is 0.261. The van der Waals surface area contributed by atoms with E-state index in [1.807, 2.05) is 0 Å². The van der Waals surface area contributed by atoms with E-state index in [4.69, 9.17) is 22.1 Å². The van der Waals surface area contributed by atoms with Gasteiger partial charge >= 0.3 is 0 Å². The van der Waals surface area contributed by atoms with Gasteiger partial charge in [0.05, 0.1) is 11.4 Å². The summed E-state index contributed by atoms with van der Waals surface area (Å²) < 4.78 is 21.2. The third-order valence-electron chi connectivity index (χ3n) is 8.22. The van der Waals surface area contributed by atoms with Gasteiger partial charge in [-0.05, 0) is 69.5 Å². The van der Waals surface area contributed by atoms with Crippen molar-refractivity contribution < 1.29 is 13.9 Å². The van der Waals surface area contributed by atoms with Crippen LogP contribution in [0.3, 0.4) is 0 Å². The Labute approximate surface area is 245 Å². The lowest BCUT2D eigenvalue weighted by molar-refractivity contribution is 0.0642. The highest BCUT2D eigenvalue weighted by Gasteiger charge is 2.29. The van der Waals surface area contributed by atoms with E-state index in [-0.39, 0.29) is 34.6 Å². The summed E-state index contributed by atoms with van der Waals surface area (Å²) in [5, 5.41) is 6.43. The summed E-state index contributed by atoms with van der Waals surface area (Å²) in [4.78, 5) is 25.4. The number of nitrogens with two attached hydrogens (primary N) is 1. The molecule has 5 rings (SSSR count). The number of nitrogens with zero attached hydrogens (tertiary/aromatic N) is 4. The van der Waals surface area contributed by atoms with Crippen LogP contribution in [0.15, 0.2) is 42.7 Å². The van der Waals surface area contributed by atoms with Gasteiger partial charge in [-0.1, -0.05) is 23.7 Å². The topological polar surface area (TPSA) is 109 Å². The molecule has 1 amide bonds. The van der Waals surface area contributed by atoms with E-state index in [1.165, 1.54) is 6.33 Å². The predicted molar refractivity (Wildman–Crippen MR) is 161 cm³/mol. The number of halogens is 2. The number of nitrogens with one attached hydrogen (secondary N) is 2. The van der Waals surface area contributed by atoms with Crippen LogP contribution in [-0.4, -0.2) is 72.8 Å². The number of anilines is 4. The molecule has 218 valence electrons. The van der Waals surface area contributed by atoms with Gasteiger partial charge in [0.2, 0.25) is 0 Å². The monoisotopic (exact) mass is 581 g/mol. The SMILES string of the molecule is C[C@@H]1CN(c2cc(F)c(-c3ccc(C(=O)NCC4CCOCC4)cc3)cc2Nc2ncnc(Cl)c2N)C[C@H](C)N1C. The highest BCUT2D eigenvalue weighted by molar-refractivity contribution is 6.32. The largest absolute Gasteiger partial charge is 0.393 e. The van der Waals surface area contributed by atoms with Gasteiger partial charge in [-0.2, -0.15) is 0 Å². The first kappa shape index (κ1) is 29.0. The first-order valence-corrected chi connectivity index (χ1v) is 14.4. The van der Waals surface area contributed by atoms with Gasteiger partial charge in [-0.25, -0.2) is 14.4 Å². The van der Waals surface area contributed by atoms with Crippen molar-refractivity contribution in [2.24, 2.45) is 5.92 Å². The molecule has 0 saturated carbocycles. The second-order valence-electron chi connectivity index (χ2n) is 11.0. The fraction of sp³-hybridized carbons (Fsp3) is 0.433. The Morgan fingerprint density at radius 2 is 1.80 bits per heavy atom. The lowest BCUT2D eigenvalue weighted by Crippen LogP contribution is -2.55. The maximum absolute atomic E-state index is 15.8. The summed E-state index contributed by atoms with van der Waals surface area (Å²) in [6.07, 6.45) is 3.23. The number of aromatic nitrogens is 2. The van der Waals surface area contributed by atoms with E-state index in [9.17, 15) is 4.79 Å². The van der Waals surface area contributed by atoms with E-state index >= 15 is 4.39 Å². The number of hydrogen-bond donors (Lipinski definition) is 3. The number of nitrogen functional groups attached to an aromatic ring is 1. The molecule has 2 atom stereocenters. The molecule has 0 spiro atoms. The fourth-order valence-electron chi connectivity index (χ4n) is 5.44. The number of ether oxygens (including phenoxy) is 1. The summed E-state index contributed by atoms with van der Waals surface area (Å²) >= 11 is 6.15. The van der Waals surface area contributed by atoms with Crippen LogP contribution in [0.1, 0.15) is 37.0 Å². The van der Waals surface area contributed by atoms with Crippen molar-refractivity contribution in [3.63, 3.8) is 0 Å². The van der Waals surface area contributed by atoms with Gasteiger partial charge in [0.1, 0.15) is 17.8 Å². The Balaban J connectivity index is 1.43. The number of likely N-dealkylation sites (N-methyl/N-ethyl adjacent to an activating group) is 1. The fourth-order valence-corrected chi connectivity index (χ4v) is 5.57. The molecular formula is C30H37ClFN7O2. The van der Waals surface area contributed by atoms with Crippen molar-refractivity contribution in [1.82, 2.24) is 20.2 Å². The predicted octanol–water partition coefficient (Wildman–Crippen LogP) is 4.95. The zero-order chi connectivity index (χ0) is 29.1. The number of amides is 1. The number of piperazine rings is 1. The van der Waals surface area contributed by atoms with Crippen molar-refractivity contribution in [2.45, 2.75) is 38.8 Å². The second-order valence-corrected chi connectivity index (χ2v) is 11.4. The maximum atomic E-state index is 15.8. The lowest BCUT2D eigenvalue weighted by atomic mass is 9.99. The van der Waals surface area contributed by atoms with Crippen LogP contribution in [0.5, 0.6) is 0 Å². The maximum Gasteiger partial charge on any atom is 0.251 e. The minimum Gasteiger partial charge on any atom is -0.393 e. The number of hydrogen-bond acceptors (Lipinski definition) is 8. The van der Waals surface area contributed by atoms with Crippen molar-refractivity contribution in [3.8, 4) is 11.1 Å². The Kier molecular flexibility index (Phi) is 8.91. The molecule has 3 aromatic rings. The quantitative estimate of drug-likeness (QED) is 0.337. The van der Waals surface area contributed by atoms with Crippen LogP contribution in [-0.2, 0) is 4.74 Å². The smallest absolute Gasteiger partial charge is 0.251 e. The van der Waals surface area contributed by atoms with Gasteiger partial charge < -0.3 is 26.0 Å². The molecule has 0 radical (unpaired) electrons. The molecule has 11 heteroatoms. The molecule has 2 fully saturated rings. The molecule has 3 heterocycles. The number of benzene rings is 2. The molecule has 2 aliphatic rings. The van der Waals surface area contributed by atoms with E-state index in [0.717, 1.165) is 39.1 Å². The summed E-state index contributed by atoms with van der Waals surface area (Å²) in [6, 6.07) is 10.8. The van der Waals surface area contributed by atoms with E-state index in [0.29, 0.717) is 46.3 Å². The van der Waals surface area contributed by atoms with Crippen LogP contribution in [0.4, 0.5) is 27.3 Å². The van der Waals surface area contributed by atoms with Crippen molar-refractivity contribution in [1.29, 1.82) is 0 Å². The Hall–Kier alpha value is -3.47. The zero-order valence-electron chi connectivity index (χ0n) is 23.7. The first-order valence-electron chi connectivity index (χ1n) is 14.0. The van der Waals surface area contributed by atoms with Crippen LogP contribution in [0, 0.1) is 11.7 Å². The Bertz CT molecular complexity index is 1370. The van der Waals surface area contributed by atoms with Crippen molar-refractivity contribution in [2.75, 3.05) is 55.8 Å². The third-order valence-corrected chi connectivity index (χ3v) is 8.53. The molecule has 0 bridgehead atoms. The Morgan fingerprint density at radius 3 is 2.49 bits per heavy atom. The minimum atomic E-state index is -0.366. The molecule has 1 aromatic heterocycles. The highest BCUT2D eigenvalue weighted by atomic mass is 35.5. The lowest BCUT2D eigenvalue weighted by Gasteiger charge is -2.44. The summed E-state index contributed by atoms with van der Waals surface area (Å²) in [5.41, 5.74) is 9.28. The number of carbonyl (C=O) groups is 1. The minimum absolute atomic E-state index is 0.138. The van der Waals surface area contributed by atoms with E-state index < -0.39 is 0 Å². The van der Waals surface area contributed by atoms with Gasteiger partial charge in [-0.15, -0.1) is 0 Å². The van der Waals surface area contributed by atoms with Gasteiger partial charge in [0.25, 0.3) is 5.91 Å². The molecule has 0 aliphatic carbocycles. The third kappa shape index (κ3) is 6.55. The normalized spacial score (nSPS) is 20.2. The Morgan fingerprint density at radius 1 is 1.12 bits per heavy atom. The van der Waals surface area contributed by atoms with Crippen molar-refractivity contribution >= 4 is 40.4 Å². The number of rotatable bonds is 7.